The van der Waals surface area contributed by atoms with Crippen LogP contribution in [0.2, 0.25) is 0 Å². The molecule has 0 atom stereocenters. The first kappa shape index (κ1) is 98.8. The van der Waals surface area contributed by atoms with E-state index in [1.54, 1.807) is 0 Å². The largest absolute Gasteiger partial charge is 0.269 e. The SMILES string of the molecule is CCCCC#Cc1ccc(CCc2ccc([S])cc2)cc1.CCCCC#Cc1ccc(CCc2ccc([S])cc2)cc1.CCCCC#Cc1ccc(CCc2ccc([S])cc2)cc1.CCCCC#Cc1ccc(CCc2ccc([S])cc2)cc1.CCCCC#Cc1ccc(CCc2ccc([S])cc2)cc1.F.F.F.F.F. The molecule has 0 unspecified atom stereocenters. The van der Waals surface area contributed by atoms with Crippen LogP contribution < -0.4 is 0 Å². The van der Waals surface area contributed by atoms with Gasteiger partial charge in [-0.1, -0.05) is 310 Å². The Kier molecular flexibility index (Phi) is 55.2. The zero-order chi connectivity index (χ0) is 74.6. The topological polar surface area (TPSA) is 0 Å². The van der Waals surface area contributed by atoms with Crippen molar-refractivity contribution in [1.29, 1.82) is 0 Å². The van der Waals surface area contributed by atoms with Crippen molar-refractivity contribution in [3.63, 3.8) is 0 Å². The Morgan fingerprint density at radius 2 is 0.282 bits per heavy atom. The zero-order valence-corrected chi connectivity index (χ0v) is 68.9. The van der Waals surface area contributed by atoms with Crippen LogP contribution in [0, 0.1) is 59.2 Å². The van der Waals surface area contributed by atoms with Crippen LogP contribution >= 0.6 is 63.1 Å². The molecular weight excluding hydrogens is 1460 g/mol. The van der Waals surface area contributed by atoms with E-state index < -0.39 is 0 Å². The van der Waals surface area contributed by atoms with Gasteiger partial charge in [-0.3, -0.25) is 23.5 Å². The van der Waals surface area contributed by atoms with Crippen LogP contribution in [0.25, 0.3) is 0 Å². The third-order valence-electron chi connectivity index (χ3n) is 17.3. The molecule has 110 heavy (non-hydrogen) atoms. The molecule has 0 aliphatic carbocycles. The van der Waals surface area contributed by atoms with Gasteiger partial charge in [0.25, 0.3) is 0 Å². The highest BCUT2D eigenvalue weighted by molar-refractivity contribution is 7.81. The molecule has 0 N–H and O–H groups in total. The third-order valence-corrected chi connectivity index (χ3v) is 18.7. The second-order valence-corrected chi connectivity index (χ2v) is 28.6. The van der Waals surface area contributed by atoms with E-state index in [9.17, 15) is 0 Å². The summed E-state index contributed by atoms with van der Waals surface area (Å²) < 4.78 is 0. The molecule has 0 fully saturated rings. The van der Waals surface area contributed by atoms with E-state index in [0.717, 1.165) is 149 Å². The Hall–Kier alpha value is -9.25. The molecule has 575 valence electrons. The number of hydrogen-bond acceptors (Lipinski definition) is 0. The molecule has 10 rings (SSSR count). The molecule has 0 aromatic heterocycles. The summed E-state index contributed by atoms with van der Waals surface area (Å²) in [7, 11) is 0. The van der Waals surface area contributed by atoms with Crippen LogP contribution in [-0.2, 0) is 64.2 Å². The Morgan fingerprint density at radius 3 is 0.391 bits per heavy atom. The number of benzene rings is 10. The molecule has 0 amide bonds. The molecule has 0 aliphatic rings. The highest BCUT2D eigenvalue weighted by Gasteiger charge is 2.03. The highest BCUT2D eigenvalue weighted by atomic mass is 32.1. The maximum absolute atomic E-state index is 5.10. The van der Waals surface area contributed by atoms with Gasteiger partial charge in [-0.25, -0.2) is 0 Å². The van der Waals surface area contributed by atoms with Gasteiger partial charge in [0.15, 0.2) is 0 Å². The highest BCUT2D eigenvalue weighted by Crippen LogP contribution is 2.19. The number of hydrogen-bond donors (Lipinski definition) is 0. The minimum absolute atomic E-state index is 0. The van der Waals surface area contributed by atoms with Gasteiger partial charge in [-0.05, 0) is 273 Å². The van der Waals surface area contributed by atoms with E-state index in [1.165, 1.54) is 120 Å². The number of halogens is 5. The van der Waals surface area contributed by atoms with E-state index in [1.807, 2.05) is 60.7 Å². The molecule has 5 radical (unpaired) electrons. The van der Waals surface area contributed by atoms with Crippen LogP contribution in [0.4, 0.5) is 23.5 Å². The first-order valence-electron chi connectivity index (χ1n) is 38.1. The van der Waals surface area contributed by atoms with Gasteiger partial charge in [-0.2, -0.15) is 0 Å². The lowest BCUT2D eigenvalue weighted by molar-refractivity contribution is 0.828. The predicted molar refractivity (Wildman–Crippen MR) is 475 cm³/mol. The molecule has 0 saturated carbocycles. The van der Waals surface area contributed by atoms with Crippen LogP contribution in [0.3, 0.4) is 0 Å². The molecule has 10 heteroatoms. The van der Waals surface area contributed by atoms with Crippen molar-refractivity contribution in [3.8, 4) is 59.2 Å². The quantitative estimate of drug-likeness (QED) is 0.0304. The Bertz CT molecular complexity index is 3680. The van der Waals surface area contributed by atoms with Gasteiger partial charge < -0.3 is 0 Å². The fourth-order valence-corrected chi connectivity index (χ4v) is 11.3. The van der Waals surface area contributed by atoms with Crippen molar-refractivity contribution in [2.24, 2.45) is 0 Å². The molecule has 0 nitrogen and oxygen atoms in total. The van der Waals surface area contributed by atoms with Gasteiger partial charge in [0.1, 0.15) is 0 Å². The van der Waals surface area contributed by atoms with E-state index in [-0.39, 0.29) is 23.5 Å². The maximum atomic E-state index is 5.10. The summed E-state index contributed by atoms with van der Waals surface area (Å²) in [6, 6.07) is 84.3. The van der Waals surface area contributed by atoms with Crippen molar-refractivity contribution in [3.05, 3.63) is 326 Å². The summed E-state index contributed by atoms with van der Waals surface area (Å²) in [6.07, 6.45) is 27.5. The van der Waals surface area contributed by atoms with Gasteiger partial charge in [0.2, 0.25) is 0 Å². The lowest BCUT2D eigenvalue weighted by Crippen LogP contribution is -1.91. The first-order valence-corrected chi connectivity index (χ1v) is 40.1. The van der Waals surface area contributed by atoms with Gasteiger partial charge in [0.05, 0.1) is 0 Å². The van der Waals surface area contributed by atoms with Crippen molar-refractivity contribution in [2.75, 3.05) is 0 Å². The number of aryl methyl sites for hydroxylation is 10. The summed E-state index contributed by atoms with van der Waals surface area (Å²) in [5, 5.41) is 0. The standard InChI is InChI=1S/5C20H21S.5FH/c5*1-2-3-4-5-6-17-7-9-18(10-8-17)11-12-19-13-15-20(21)16-14-19;;;;;/h5*7-10,13-16H,2-4,11-12H2,1H3;5*1H. The second kappa shape index (κ2) is 61.5. The average Bonchev–Trinajstić information content (AvgIpc) is 0.911. The van der Waals surface area contributed by atoms with E-state index in [4.69, 9.17) is 63.1 Å². The monoisotopic (exact) mass is 1570 g/mol. The van der Waals surface area contributed by atoms with Gasteiger partial charge in [-0.15, -0.1) is 0 Å². The predicted octanol–water partition coefficient (Wildman–Crippen LogP) is 28.6. The third kappa shape index (κ3) is 44.4. The minimum atomic E-state index is 0. The van der Waals surface area contributed by atoms with Crippen molar-refractivity contribution < 1.29 is 23.5 Å². The Morgan fingerprint density at radius 1 is 0.173 bits per heavy atom. The summed E-state index contributed by atoms with van der Waals surface area (Å²) in [4.78, 5) is 4.54. The zero-order valence-electron chi connectivity index (χ0n) is 64.9. The first-order chi connectivity index (χ1) is 51.4. The fourth-order valence-electron chi connectivity index (χ4n) is 10.6. The maximum Gasteiger partial charge on any atom is 0.0377 e. The number of rotatable bonds is 25. The molecule has 0 bridgehead atoms. The summed E-state index contributed by atoms with van der Waals surface area (Å²) in [5.41, 5.74) is 19.1. The molecule has 0 spiro atoms. The van der Waals surface area contributed by atoms with Crippen LogP contribution in [-0.4, -0.2) is 0 Å². The van der Waals surface area contributed by atoms with Crippen molar-refractivity contribution >= 4 is 63.1 Å². The second-order valence-electron chi connectivity index (χ2n) is 26.2. The van der Waals surface area contributed by atoms with Crippen molar-refractivity contribution in [2.45, 2.75) is 220 Å². The van der Waals surface area contributed by atoms with Gasteiger partial charge in [0, 0.05) is 84.4 Å². The van der Waals surface area contributed by atoms with Crippen LogP contribution in [0.1, 0.15) is 214 Å². The Balaban J connectivity index is 0.000000680. The fraction of sp³-hybridized carbons (Fsp3) is 0.300. The molecule has 10 aromatic carbocycles. The van der Waals surface area contributed by atoms with Crippen molar-refractivity contribution in [1.82, 2.24) is 0 Å². The lowest BCUT2D eigenvalue weighted by Gasteiger charge is -2.03. The van der Waals surface area contributed by atoms with E-state index in [0.29, 0.717) is 0 Å². The minimum Gasteiger partial charge on any atom is -0.269 e. The van der Waals surface area contributed by atoms with E-state index in [2.05, 4.69) is 276 Å². The molecule has 0 aliphatic heterocycles. The van der Waals surface area contributed by atoms with E-state index >= 15 is 0 Å². The summed E-state index contributed by atoms with van der Waals surface area (Å²) >= 11 is 25.5. The van der Waals surface area contributed by atoms with Gasteiger partial charge >= 0.3 is 0 Å². The van der Waals surface area contributed by atoms with Crippen LogP contribution in [0.15, 0.2) is 267 Å². The average molecular weight is 1570 g/mol. The summed E-state index contributed by atoms with van der Waals surface area (Å²) in [5.74, 6) is 32.3. The number of unbranched alkanes of at least 4 members (excludes halogenated alkanes) is 10. The molecule has 0 saturated heterocycles. The normalized spacial score (nSPS) is 9.50. The lowest BCUT2D eigenvalue weighted by atomic mass is 10.0. The van der Waals surface area contributed by atoms with Crippen LogP contribution in [0.5, 0.6) is 0 Å². The summed E-state index contributed by atoms with van der Waals surface area (Å²) in [6.45, 7) is 11.0. The smallest absolute Gasteiger partial charge is 0.0377 e. The molecule has 0 heterocycles. The Labute approximate surface area is 686 Å². The molecular formula is C100H110F5S5. The molecule has 10 aromatic rings.